The largest absolute Gasteiger partial charge is 0.317 e. The second-order valence-electron chi connectivity index (χ2n) is 5.54. The minimum atomic E-state index is 0.708. The molecule has 0 aromatic carbocycles. The van der Waals surface area contributed by atoms with Crippen LogP contribution in [0.5, 0.6) is 0 Å². The third kappa shape index (κ3) is 1.99. The van der Waals surface area contributed by atoms with E-state index in [-0.39, 0.29) is 0 Å². The van der Waals surface area contributed by atoms with Crippen LogP contribution >= 0.6 is 0 Å². The van der Waals surface area contributed by atoms with Crippen molar-refractivity contribution in [1.29, 1.82) is 0 Å². The summed E-state index contributed by atoms with van der Waals surface area (Å²) >= 11 is 0. The quantitative estimate of drug-likeness (QED) is 0.845. The summed E-state index contributed by atoms with van der Waals surface area (Å²) in [6, 6.07) is 5.08. The zero-order valence-corrected chi connectivity index (χ0v) is 10.7. The van der Waals surface area contributed by atoms with Crippen molar-refractivity contribution in [3.05, 3.63) is 29.6 Å². The van der Waals surface area contributed by atoms with Crippen molar-refractivity contribution in [2.24, 2.45) is 5.92 Å². The summed E-state index contributed by atoms with van der Waals surface area (Å²) in [6.45, 7) is 0. The summed E-state index contributed by atoms with van der Waals surface area (Å²) in [5.74, 6) is 1.52. The molecule has 0 aliphatic heterocycles. The zero-order chi connectivity index (χ0) is 11.7. The third-order valence-corrected chi connectivity index (χ3v) is 4.70. The molecule has 3 unspecified atom stereocenters. The third-order valence-electron chi connectivity index (χ3n) is 4.70. The molecule has 2 heteroatoms. The van der Waals surface area contributed by atoms with Crippen molar-refractivity contribution >= 4 is 0 Å². The average Bonchev–Trinajstić information content (AvgIpc) is 2.86. The van der Waals surface area contributed by atoms with Gasteiger partial charge >= 0.3 is 0 Å². The van der Waals surface area contributed by atoms with Gasteiger partial charge in [0, 0.05) is 23.9 Å². The van der Waals surface area contributed by atoms with Gasteiger partial charge in [0.25, 0.3) is 0 Å². The molecule has 1 heterocycles. The maximum Gasteiger partial charge on any atom is 0.0469 e. The molecule has 1 fully saturated rings. The van der Waals surface area contributed by atoms with E-state index in [0.717, 1.165) is 5.92 Å². The van der Waals surface area contributed by atoms with Gasteiger partial charge in [-0.3, -0.25) is 4.98 Å². The first-order valence-corrected chi connectivity index (χ1v) is 7.01. The Bertz CT molecular complexity index is 388. The van der Waals surface area contributed by atoms with E-state index in [9.17, 15) is 0 Å². The average molecular weight is 230 g/mol. The Labute approximate surface area is 104 Å². The highest BCUT2D eigenvalue weighted by molar-refractivity contribution is 5.27. The van der Waals surface area contributed by atoms with Gasteiger partial charge in [-0.05, 0) is 56.7 Å². The van der Waals surface area contributed by atoms with Crippen LogP contribution in [0.15, 0.2) is 18.3 Å². The first-order valence-electron chi connectivity index (χ1n) is 7.01. The van der Waals surface area contributed by atoms with Crippen molar-refractivity contribution in [3.63, 3.8) is 0 Å². The number of aromatic nitrogens is 1. The van der Waals surface area contributed by atoms with Gasteiger partial charge in [-0.2, -0.15) is 0 Å². The normalized spacial score (nSPS) is 32.4. The van der Waals surface area contributed by atoms with Gasteiger partial charge in [-0.15, -0.1) is 0 Å². The number of hydrogen-bond acceptors (Lipinski definition) is 2. The number of pyridine rings is 1. The maximum atomic E-state index is 4.69. The number of hydrogen-bond donors (Lipinski definition) is 1. The second-order valence-corrected chi connectivity index (χ2v) is 5.54. The molecule has 1 aromatic heterocycles. The van der Waals surface area contributed by atoms with Crippen LogP contribution < -0.4 is 5.32 Å². The molecule has 2 aliphatic rings. The first-order chi connectivity index (χ1) is 8.40. The predicted molar refractivity (Wildman–Crippen MR) is 70.1 cm³/mol. The molecule has 1 saturated carbocycles. The van der Waals surface area contributed by atoms with Gasteiger partial charge in [0.2, 0.25) is 0 Å². The molecule has 3 atom stereocenters. The summed E-state index contributed by atoms with van der Waals surface area (Å²) in [6.07, 6.45) is 10.0. The van der Waals surface area contributed by atoms with Crippen LogP contribution in [0.1, 0.15) is 49.3 Å². The molecular formula is C15H22N2. The fourth-order valence-electron chi connectivity index (χ4n) is 3.89. The molecule has 2 aliphatic carbocycles. The Hall–Kier alpha value is -0.890. The lowest BCUT2D eigenvalue weighted by molar-refractivity contribution is 0.322. The zero-order valence-electron chi connectivity index (χ0n) is 10.7. The van der Waals surface area contributed by atoms with Crippen LogP contribution in [-0.4, -0.2) is 18.1 Å². The van der Waals surface area contributed by atoms with Crippen molar-refractivity contribution in [1.82, 2.24) is 10.3 Å². The van der Waals surface area contributed by atoms with E-state index in [2.05, 4.69) is 29.5 Å². The van der Waals surface area contributed by atoms with Gasteiger partial charge in [0.1, 0.15) is 0 Å². The number of nitrogens with one attached hydrogen (secondary N) is 1. The molecule has 92 valence electrons. The van der Waals surface area contributed by atoms with E-state index in [1.807, 2.05) is 6.20 Å². The number of aryl methyl sites for hydroxylation is 1. The molecule has 0 spiro atoms. The van der Waals surface area contributed by atoms with Crippen LogP contribution in [0.25, 0.3) is 0 Å². The molecule has 3 rings (SSSR count). The minimum Gasteiger partial charge on any atom is -0.317 e. The monoisotopic (exact) mass is 230 g/mol. The molecule has 1 N–H and O–H groups in total. The van der Waals surface area contributed by atoms with Crippen LogP contribution in [0.3, 0.4) is 0 Å². The number of rotatable bonds is 2. The predicted octanol–water partition coefficient (Wildman–Crippen LogP) is 2.89. The summed E-state index contributed by atoms with van der Waals surface area (Å²) in [4.78, 5) is 4.69. The van der Waals surface area contributed by atoms with E-state index in [1.165, 1.54) is 49.8 Å². The molecule has 2 nitrogen and oxygen atoms in total. The molecule has 17 heavy (non-hydrogen) atoms. The number of nitrogens with zero attached hydrogens (tertiary/aromatic N) is 1. The molecule has 1 aromatic rings. The first kappa shape index (κ1) is 11.2. The van der Waals surface area contributed by atoms with Crippen molar-refractivity contribution < 1.29 is 0 Å². The highest BCUT2D eigenvalue weighted by Gasteiger charge is 2.36. The maximum absolute atomic E-state index is 4.69. The van der Waals surface area contributed by atoms with Crippen LogP contribution in [0.4, 0.5) is 0 Å². The summed E-state index contributed by atoms with van der Waals surface area (Å²) < 4.78 is 0. The molecule has 0 saturated heterocycles. The highest BCUT2D eigenvalue weighted by Crippen LogP contribution is 2.42. The summed E-state index contributed by atoms with van der Waals surface area (Å²) in [5, 5.41) is 3.51. The summed E-state index contributed by atoms with van der Waals surface area (Å²) in [7, 11) is 2.12. The topological polar surface area (TPSA) is 24.9 Å². The Morgan fingerprint density at radius 3 is 3.06 bits per heavy atom. The van der Waals surface area contributed by atoms with E-state index in [4.69, 9.17) is 0 Å². The van der Waals surface area contributed by atoms with Crippen LogP contribution in [0.2, 0.25) is 0 Å². The second kappa shape index (κ2) is 4.77. The Morgan fingerprint density at radius 2 is 2.18 bits per heavy atom. The molecule has 0 amide bonds. The van der Waals surface area contributed by atoms with E-state index >= 15 is 0 Å². The number of fused-ring (bicyclic) bond motifs is 1. The summed E-state index contributed by atoms with van der Waals surface area (Å²) in [5.41, 5.74) is 2.91. The van der Waals surface area contributed by atoms with Crippen molar-refractivity contribution in [2.75, 3.05) is 7.05 Å². The van der Waals surface area contributed by atoms with Gasteiger partial charge in [-0.25, -0.2) is 0 Å². The van der Waals surface area contributed by atoms with Gasteiger partial charge in [-0.1, -0.05) is 12.5 Å². The fourth-order valence-corrected chi connectivity index (χ4v) is 3.89. The van der Waals surface area contributed by atoms with Crippen LogP contribution in [0, 0.1) is 5.92 Å². The van der Waals surface area contributed by atoms with E-state index < -0.39 is 0 Å². The van der Waals surface area contributed by atoms with E-state index in [0.29, 0.717) is 12.0 Å². The lowest BCUT2D eigenvalue weighted by atomic mass is 9.76. The van der Waals surface area contributed by atoms with Gasteiger partial charge in [0.05, 0.1) is 0 Å². The Kier molecular flexibility index (Phi) is 3.15. The SMILES string of the molecule is CNC1CCCC1C1CCCc2cccnc21. The molecule has 0 radical (unpaired) electrons. The minimum absolute atomic E-state index is 0.708. The fraction of sp³-hybridized carbons (Fsp3) is 0.667. The van der Waals surface area contributed by atoms with Crippen molar-refractivity contribution in [3.8, 4) is 0 Å². The lowest BCUT2D eigenvalue weighted by Gasteiger charge is -2.32. The Morgan fingerprint density at radius 1 is 1.24 bits per heavy atom. The lowest BCUT2D eigenvalue weighted by Crippen LogP contribution is -2.34. The standard InChI is InChI=1S/C15H22N2/c1-16-14-9-3-7-12(14)13-8-2-5-11-6-4-10-17-15(11)13/h4,6,10,12-14,16H,2-3,5,7-9H2,1H3. The van der Waals surface area contributed by atoms with Gasteiger partial charge < -0.3 is 5.32 Å². The molecule has 0 bridgehead atoms. The smallest absolute Gasteiger partial charge is 0.0469 e. The van der Waals surface area contributed by atoms with Gasteiger partial charge in [0.15, 0.2) is 0 Å². The highest BCUT2D eigenvalue weighted by atomic mass is 14.9. The Balaban J connectivity index is 1.89. The van der Waals surface area contributed by atoms with Crippen LogP contribution in [-0.2, 0) is 6.42 Å². The molecular weight excluding hydrogens is 208 g/mol. The van der Waals surface area contributed by atoms with E-state index in [1.54, 1.807) is 0 Å². The van der Waals surface area contributed by atoms with Crippen molar-refractivity contribution in [2.45, 2.75) is 50.5 Å².